The van der Waals surface area contributed by atoms with Crippen LogP contribution in [0.3, 0.4) is 0 Å². The lowest BCUT2D eigenvalue weighted by molar-refractivity contribution is 0.248. The highest BCUT2D eigenvalue weighted by Gasteiger charge is 2.29. The summed E-state index contributed by atoms with van der Waals surface area (Å²) in [5.74, 6) is 0.632. The van der Waals surface area contributed by atoms with Crippen LogP contribution in [-0.4, -0.2) is 24.5 Å². The Morgan fingerprint density at radius 1 is 1.14 bits per heavy atom. The van der Waals surface area contributed by atoms with E-state index in [1.165, 1.54) is 17.5 Å². The molecule has 3 heteroatoms. The maximum Gasteiger partial charge on any atom is 0.0471 e. The molecule has 1 saturated heterocycles. The first-order valence-corrected chi connectivity index (χ1v) is 8.32. The highest BCUT2D eigenvalue weighted by Crippen LogP contribution is 2.33. The van der Waals surface area contributed by atoms with Crippen LogP contribution in [0.15, 0.2) is 59.1 Å². The Bertz CT molecular complexity index is 585. The number of hydrogen-bond acceptors (Lipinski definition) is 2. The van der Waals surface area contributed by atoms with E-state index in [-0.39, 0.29) is 0 Å². The fraction of sp³-hybridized carbons (Fsp3) is 0.333. The van der Waals surface area contributed by atoms with Gasteiger partial charge in [0.1, 0.15) is 0 Å². The van der Waals surface area contributed by atoms with E-state index in [2.05, 4.69) is 75.4 Å². The number of halogens is 1. The van der Waals surface area contributed by atoms with Crippen molar-refractivity contribution >= 4 is 15.9 Å². The van der Waals surface area contributed by atoms with Crippen LogP contribution >= 0.6 is 15.9 Å². The van der Waals surface area contributed by atoms with Crippen molar-refractivity contribution in [2.24, 2.45) is 5.73 Å². The minimum absolute atomic E-state index is 0.316. The lowest BCUT2D eigenvalue weighted by Crippen LogP contribution is -2.31. The molecule has 0 amide bonds. The van der Waals surface area contributed by atoms with E-state index in [9.17, 15) is 0 Å². The first-order valence-electron chi connectivity index (χ1n) is 7.52. The SMILES string of the molecule is NCC(c1cccc(Br)c1)N1CCC(c2ccccc2)C1. The maximum atomic E-state index is 6.06. The molecule has 2 unspecified atom stereocenters. The fourth-order valence-electron chi connectivity index (χ4n) is 3.28. The van der Waals surface area contributed by atoms with Crippen molar-refractivity contribution in [1.82, 2.24) is 4.90 Å². The Kier molecular flexibility index (Phi) is 4.73. The fourth-order valence-corrected chi connectivity index (χ4v) is 3.69. The zero-order valence-electron chi connectivity index (χ0n) is 12.1. The second kappa shape index (κ2) is 6.73. The highest BCUT2D eigenvalue weighted by molar-refractivity contribution is 9.10. The average molecular weight is 345 g/mol. The highest BCUT2D eigenvalue weighted by atomic mass is 79.9. The smallest absolute Gasteiger partial charge is 0.0471 e. The normalized spacial score (nSPS) is 20.6. The summed E-state index contributed by atoms with van der Waals surface area (Å²) in [6.45, 7) is 2.88. The van der Waals surface area contributed by atoms with E-state index in [1.807, 2.05) is 0 Å². The topological polar surface area (TPSA) is 29.3 Å². The molecule has 0 bridgehead atoms. The van der Waals surface area contributed by atoms with Gasteiger partial charge in [0.15, 0.2) is 0 Å². The molecule has 0 spiro atoms. The number of likely N-dealkylation sites (tertiary alicyclic amines) is 1. The number of nitrogens with zero attached hydrogens (tertiary/aromatic N) is 1. The third kappa shape index (κ3) is 3.37. The molecule has 0 saturated carbocycles. The van der Waals surface area contributed by atoms with Gasteiger partial charge in [0, 0.05) is 23.6 Å². The van der Waals surface area contributed by atoms with Gasteiger partial charge >= 0.3 is 0 Å². The van der Waals surface area contributed by atoms with Gasteiger partial charge in [0.25, 0.3) is 0 Å². The van der Waals surface area contributed by atoms with Gasteiger partial charge in [-0.2, -0.15) is 0 Å². The third-order valence-electron chi connectivity index (χ3n) is 4.39. The van der Waals surface area contributed by atoms with Gasteiger partial charge in [0.05, 0.1) is 0 Å². The second-order valence-corrected chi connectivity index (χ2v) is 6.61. The van der Waals surface area contributed by atoms with E-state index in [0.29, 0.717) is 18.5 Å². The monoisotopic (exact) mass is 344 g/mol. The van der Waals surface area contributed by atoms with Crippen LogP contribution in [0.5, 0.6) is 0 Å². The number of hydrogen-bond donors (Lipinski definition) is 1. The predicted octanol–water partition coefficient (Wildman–Crippen LogP) is 3.94. The van der Waals surface area contributed by atoms with Gasteiger partial charge < -0.3 is 5.73 Å². The summed E-state index contributed by atoms with van der Waals surface area (Å²) in [6.07, 6.45) is 1.22. The third-order valence-corrected chi connectivity index (χ3v) is 4.88. The van der Waals surface area contributed by atoms with Gasteiger partial charge in [-0.25, -0.2) is 0 Å². The number of rotatable bonds is 4. The van der Waals surface area contributed by atoms with Crippen LogP contribution in [0.2, 0.25) is 0 Å². The first kappa shape index (κ1) is 14.8. The van der Waals surface area contributed by atoms with Crippen LogP contribution in [0, 0.1) is 0 Å². The van der Waals surface area contributed by atoms with Crippen LogP contribution in [-0.2, 0) is 0 Å². The van der Waals surface area contributed by atoms with Gasteiger partial charge in [-0.05, 0) is 42.1 Å². The quantitative estimate of drug-likeness (QED) is 0.910. The van der Waals surface area contributed by atoms with E-state index in [4.69, 9.17) is 5.73 Å². The molecule has 1 fully saturated rings. The van der Waals surface area contributed by atoms with Crippen LogP contribution in [0.1, 0.15) is 29.5 Å². The van der Waals surface area contributed by atoms with Crippen molar-refractivity contribution in [2.45, 2.75) is 18.4 Å². The summed E-state index contributed by atoms with van der Waals surface area (Å²) < 4.78 is 1.12. The molecule has 2 atom stereocenters. The van der Waals surface area contributed by atoms with Crippen LogP contribution in [0.25, 0.3) is 0 Å². The van der Waals surface area contributed by atoms with E-state index in [1.54, 1.807) is 0 Å². The zero-order chi connectivity index (χ0) is 14.7. The van der Waals surface area contributed by atoms with Gasteiger partial charge in [-0.3, -0.25) is 4.90 Å². The Balaban J connectivity index is 1.75. The Morgan fingerprint density at radius 3 is 2.67 bits per heavy atom. The molecule has 0 aromatic heterocycles. The molecule has 3 rings (SSSR count). The molecule has 2 nitrogen and oxygen atoms in total. The molecule has 2 aromatic rings. The Labute approximate surface area is 135 Å². The van der Waals surface area contributed by atoms with Crippen molar-refractivity contribution in [3.8, 4) is 0 Å². The summed E-state index contributed by atoms with van der Waals surface area (Å²) in [7, 11) is 0. The lowest BCUT2D eigenvalue weighted by Gasteiger charge is -2.27. The van der Waals surface area contributed by atoms with Crippen molar-refractivity contribution in [1.29, 1.82) is 0 Å². The molecule has 2 aromatic carbocycles. The number of nitrogens with two attached hydrogens (primary N) is 1. The van der Waals surface area contributed by atoms with E-state index >= 15 is 0 Å². The molecule has 0 aliphatic carbocycles. The second-order valence-electron chi connectivity index (χ2n) is 5.70. The van der Waals surface area contributed by atoms with Crippen molar-refractivity contribution < 1.29 is 0 Å². The minimum Gasteiger partial charge on any atom is -0.329 e. The first-order chi connectivity index (χ1) is 10.3. The molecule has 1 aliphatic heterocycles. The van der Waals surface area contributed by atoms with Crippen molar-refractivity contribution in [3.63, 3.8) is 0 Å². The molecular weight excluding hydrogens is 324 g/mol. The summed E-state index contributed by atoms with van der Waals surface area (Å²) >= 11 is 3.56. The zero-order valence-corrected chi connectivity index (χ0v) is 13.7. The molecule has 1 heterocycles. The lowest BCUT2D eigenvalue weighted by atomic mass is 9.98. The average Bonchev–Trinajstić information content (AvgIpc) is 2.99. The molecule has 1 aliphatic rings. The van der Waals surface area contributed by atoms with Crippen LogP contribution in [0.4, 0.5) is 0 Å². The minimum atomic E-state index is 0.316. The van der Waals surface area contributed by atoms with E-state index in [0.717, 1.165) is 17.6 Å². The largest absolute Gasteiger partial charge is 0.329 e. The predicted molar refractivity (Wildman–Crippen MR) is 91.3 cm³/mol. The summed E-state index contributed by atoms with van der Waals surface area (Å²) in [6, 6.07) is 19.7. The standard InChI is InChI=1S/C18H21BrN2/c19-17-8-4-7-15(11-17)18(12-20)21-10-9-16(13-21)14-5-2-1-3-6-14/h1-8,11,16,18H,9-10,12-13,20H2. The van der Waals surface area contributed by atoms with Gasteiger partial charge in [0.2, 0.25) is 0 Å². The van der Waals surface area contributed by atoms with Crippen LogP contribution < -0.4 is 5.73 Å². The van der Waals surface area contributed by atoms with Gasteiger partial charge in [-0.15, -0.1) is 0 Å². The number of benzene rings is 2. The molecule has 2 N–H and O–H groups in total. The molecular formula is C18H21BrN2. The Hall–Kier alpha value is -1.16. The maximum absolute atomic E-state index is 6.06. The summed E-state index contributed by atoms with van der Waals surface area (Å²) in [4.78, 5) is 2.53. The molecule has 110 valence electrons. The molecule has 21 heavy (non-hydrogen) atoms. The summed E-state index contributed by atoms with van der Waals surface area (Å²) in [5, 5.41) is 0. The molecule has 0 radical (unpaired) electrons. The summed E-state index contributed by atoms with van der Waals surface area (Å²) in [5.41, 5.74) is 8.82. The van der Waals surface area contributed by atoms with Gasteiger partial charge in [-0.1, -0.05) is 58.4 Å². The van der Waals surface area contributed by atoms with E-state index < -0.39 is 0 Å². The van der Waals surface area contributed by atoms with Crippen molar-refractivity contribution in [3.05, 3.63) is 70.2 Å². The van der Waals surface area contributed by atoms with Crippen molar-refractivity contribution in [2.75, 3.05) is 19.6 Å². The Morgan fingerprint density at radius 2 is 1.95 bits per heavy atom.